The van der Waals surface area contributed by atoms with E-state index in [1.54, 1.807) is 60.7 Å². The maximum Gasteiger partial charge on any atom is 0.337 e. The quantitative estimate of drug-likeness (QED) is 0.375. The van der Waals surface area contributed by atoms with Gasteiger partial charge in [-0.1, -0.05) is 18.2 Å². The Labute approximate surface area is 173 Å². The number of esters is 1. The molecular weight excluding hydrogens is 384 g/mol. The number of carbonyl (C=O) groups is 2. The second-order valence-corrected chi connectivity index (χ2v) is 6.13. The predicted octanol–water partition coefficient (Wildman–Crippen LogP) is 4.29. The van der Waals surface area contributed by atoms with Gasteiger partial charge in [0, 0.05) is 23.4 Å². The van der Waals surface area contributed by atoms with Crippen molar-refractivity contribution in [2.45, 2.75) is 0 Å². The fraction of sp³-hybridized carbons (Fsp3) is 0.0870. The van der Waals surface area contributed by atoms with Crippen LogP contribution in [0.1, 0.15) is 16.1 Å². The van der Waals surface area contributed by atoms with Crippen LogP contribution >= 0.6 is 0 Å². The summed E-state index contributed by atoms with van der Waals surface area (Å²) in [5, 5.41) is 12.0. The van der Waals surface area contributed by atoms with E-state index in [-0.39, 0.29) is 5.57 Å². The molecule has 3 rings (SSSR count). The van der Waals surface area contributed by atoms with E-state index in [9.17, 15) is 14.9 Å². The van der Waals surface area contributed by atoms with Crippen LogP contribution in [0.15, 0.2) is 70.7 Å². The molecule has 2 aromatic carbocycles. The highest BCUT2D eigenvalue weighted by molar-refractivity contribution is 6.09. The summed E-state index contributed by atoms with van der Waals surface area (Å²) >= 11 is 0. The number of rotatable bonds is 6. The van der Waals surface area contributed by atoms with E-state index in [2.05, 4.69) is 10.1 Å². The van der Waals surface area contributed by atoms with Gasteiger partial charge in [-0.05, 0) is 36.4 Å². The highest BCUT2D eigenvalue weighted by Gasteiger charge is 2.12. The molecule has 0 saturated carbocycles. The summed E-state index contributed by atoms with van der Waals surface area (Å²) in [5.41, 5.74) is 1.56. The van der Waals surface area contributed by atoms with Crippen LogP contribution in [0.3, 0.4) is 0 Å². The van der Waals surface area contributed by atoms with E-state index < -0.39 is 11.9 Å². The molecule has 1 heterocycles. The molecule has 0 unspecified atom stereocenters. The zero-order valence-electron chi connectivity index (χ0n) is 16.3. The van der Waals surface area contributed by atoms with E-state index in [0.29, 0.717) is 28.5 Å². The summed E-state index contributed by atoms with van der Waals surface area (Å²) in [5.74, 6) is 0.475. The number of hydrogen-bond acceptors (Lipinski definition) is 6. The lowest BCUT2D eigenvalue weighted by atomic mass is 10.1. The first kappa shape index (κ1) is 20.4. The molecule has 0 spiro atoms. The number of carbonyl (C=O) groups excluding carboxylic acids is 2. The van der Waals surface area contributed by atoms with Crippen LogP contribution in [0.2, 0.25) is 0 Å². The molecule has 1 N–H and O–H groups in total. The first-order valence-corrected chi connectivity index (χ1v) is 8.90. The van der Waals surface area contributed by atoms with Crippen molar-refractivity contribution in [2.75, 3.05) is 19.5 Å². The van der Waals surface area contributed by atoms with Crippen molar-refractivity contribution in [3.05, 3.63) is 77.6 Å². The smallest absolute Gasteiger partial charge is 0.337 e. The number of amides is 1. The van der Waals surface area contributed by atoms with Crippen molar-refractivity contribution in [1.29, 1.82) is 5.26 Å². The van der Waals surface area contributed by atoms with Crippen molar-refractivity contribution in [2.24, 2.45) is 0 Å². The molecular formula is C23H18N2O5. The lowest BCUT2D eigenvalue weighted by Gasteiger charge is -2.06. The highest BCUT2D eigenvalue weighted by Crippen LogP contribution is 2.24. The molecule has 30 heavy (non-hydrogen) atoms. The van der Waals surface area contributed by atoms with Crippen LogP contribution in [0.4, 0.5) is 5.69 Å². The van der Waals surface area contributed by atoms with E-state index in [0.717, 1.165) is 5.56 Å². The Hall–Kier alpha value is -4.31. The van der Waals surface area contributed by atoms with Crippen LogP contribution < -0.4 is 10.1 Å². The third kappa shape index (κ3) is 4.75. The van der Waals surface area contributed by atoms with Gasteiger partial charge in [0.1, 0.15) is 28.9 Å². The predicted molar refractivity (Wildman–Crippen MR) is 111 cm³/mol. The van der Waals surface area contributed by atoms with Gasteiger partial charge in [-0.2, -0.15) is 5.26 Å². The summed E-state index contributed by atoms with van der Waals surface area (Å²) in [7, 11) is 2.84. The van der Waals surface area contributed by atoms with Gasteiger partial charge >= 0.3 is 5.97 Å². The number of nitrogens with one attached hydrogen (secondary N) is 1. The first-order chi connectivity index (χ1) is 14.5. The molecule has 150 valence electrons. The fourth-order valence-corrected chi connectivity index (χ4v) is 2.66. The Kier molecular flexibility index (Phi) is 6.30. The third-order valence-corrected chi connectivity index (χ3v) is 4.20. The van der Waals surface area contributed by atoms with Crippen molar-refractivity contribution in [3.63, 3.8) is 0 Å². The number of methoxy groups -OCH3 is 2. The molecule has 0 bridgehead atoms. The molecule has 3 aromatic rings. The van der Waals surface area contributed by atoms with Crippen molar-refractivity contribution in [1.82, 2.24) is 0 Å². The maximum atomic E-state index is 12.4. The molecule has 0 radical (unpaired) electrons. The molecule has 7 nitrogen and oxygen atoms in total. The molecule has 0 saturated heterocycles. The van der Waals surface area contributed by atoms with Gasteiger partial charge in [0.25, 0.3) is 5.91 Å². The van der Waals surface area contributed by atoms with Gasteiger partial charge in [0.15, 0.2) is 0 Å². The number of ether oxygens (including phenoxy) is 2. The minimum Gasteiger partial charge on any atom is -0.497 e. The van der Waals surface area contributed by atoms with Gasteiger partial charge in [0.05, 0.1) is 19.8 Å². The monoisotopic (exact) mass is 402 g/mol. The number of nitriles is 1. The summed E-state index contributed by atoms with van der Waals surface area (Å²) in [6.45, 7) is 0. The van der Waals surface area contributed by atoms with Gasteiger partial charge < -0.3 is 19.2 Å². The Morgan fingerprint density at radius 3 is 2.50 bits per heavy atom. The topological polar surface area (TPSA) is 102 Å². The molecule has 1 aromatic heterocycles. The molecule has 0 fully saturated rings. The van der Waals surface area contributed by atoms with Crippen LogP contribution in [-0.4, -0.2) is 26.1 Å². The summed E-state index contributed by atoms with van der Waals surface area (Å²) < 4.78 is 15.5. The van der Waals surface area contributed by atoms with Crippen molar-refractivity contribution in [3.8, 4) is 23.1 Å². The fourth-order valence-electron chi connectivity index (χ4n) is 2.66. The second kappa shape index (κ2) is 9.26. The second-order valence-electron chi connectivity index (χ2n) is 6.13. The molecule has 0 aliphatic heterocycles. The zero-order valence-corrected chi connectivity index (χ0v) is 16.3. The zero-order chi connectivity index (χ0) is 21.5. The molecule has 0 aliphatic carbocycles. The highest BCUT2D eigenvalue weighted by atomic mass is 16.5. The Bertz CT molecular complexity index is 1140. The normalized spacial score (nSPS) is 10.8. The lowest BCUT2D eigenvalue weighted by molar-refractivity contribution is -0.112. The average molecular weight is 402 g/mol. The minimum absolute atomic E-state index is 0.111. The van der Waals surface area contributed by atoms with Crippen LogP contribution in [0.5, 0.6) is 5.75 Å². The van der Waals surface area contributed by atoms with Crippen molar-refractivity contribution >= 4 is 23.6 Å². The number of furan rings is 1. The van der Waals surface area contributed by atoms with Gasteiger partial charge in [0.2, 0.25) is 0 Å². The van der Waals surface area contributed by atoms with Gasteiger partial charge in [-0.3, -0.25) is 4.79 Å². The summed E-state index contributed by atoms with van der Waals surface area (Å²) in [4.78, 5) is 23.9. The van der Waals surface area contributed by atoms with E-state index >= 15 is 0 Å². The summed E-state index contributed by atoms with van der Waals surface area (Å²) in [6.07, 6.45) is 1.36. The molecule has 1 amide bonds. The SMILES string of the molecule is COC(=O)c1ccc(-c2ccc(/C=C(/C#N)C(=O)Nc3cccc(OC)c3)o2)cc1. The maximum absolute atomic E-state index is 12.4. The summed E-state index contributed by atoms with van der Waals surface area (Å²) in [6, 6.07) is 18.8. The number of benzene rings is 2. The minimum atomic E-state index is -0.564. The van der Waals surface area contributed by atoms with Crippen LogP contribution in [0, 0.1) is 11.3 Å². The standard InChI is InChI=1S/C23H18N2O5/c1-28-19-5-3-4-18(13-19)25-22(26)17(14-24)12-20-10-11-21(30-20)15-6-8-16(9-7-15)23(27)29-2/h3-13H,1-2H3,(H,25,26)/b17-12-. The first-order valence-electron chi connectivity index (χ1n) is 8.90. The van der Waals surface area contributed by atoms with Crippen LogP contribution in [-0.2, 0) is 9.53 Å². The average Bonchev–Trinajstić information content (AvgIpc) is 3.25. The third-order valence-electron chi connectivity index (χ3n) is 4.20. The van der Waals surface area contributed by atoms with E-state index in [1.165, 1.54) is 20.3 Å². The Morgan fingerprint density at radius 2 is 1.83 bits per heavy atom. The lowest BCUT2D eigenvalue weighted by Crippen LogP contribution is -2.13. The molecule has 0 atom stereocenters. The van der Waals surface area contributed by atoms with Crippen molar-refractivity contribution < 1.29 is 23.5 Å². The molecule has 7 heteroatoms. The Balaban J connectivity index is 1.77. The van der Waals surface area contributed by atoms with E-state index in [4.69, 9.17) is 9.15 Å². The van der Waals surface area contributed by atoms with Crippen LogP contribution in [0.25, 0.3) is 17.4 Å². The number of hydrogen-bond donors (Lipinski definition) is 1. The Morgan fingerprint density at radius 1 is 1.07 bits per heavy atom. The number of nitrogens with zero attached hydrogens (tertiary/aromatic N) is 1. The molecule has 0 aliphatic rings. The van der Waals surface area contributed by atoms with Gasteiger partial charge in [-0.25, -0.2) is 4.79 Å². The largest absolute Gasteiger partial charge is 0.497 e. The number of anilines is 1. The van der Waals surface area contributed by atoms with E-state index in [1.807, 2.05) is 6.07 Å². The van der Waals surface area contributed by atoms with Gasteiger partial charge in [-0.15, -0.1) is 0 Å².